The van der Waals surface area contributed by atoms with Crippen LogP contribution in [0.25, 0.3) is 0 Å². The Hall–Kier alpha value is -1.46. The van der Waals surface area contributed by atoms with E-state index in [1.165, 1.54) is 17.5 Å². The van der Waals surface area contributed by atoms with E-state index in [0.717, 1.165) is 32.1 Å². The van der Waals surface area contributed by atoms with Gasteiger partial charge in [0.1, 0.15) is 11.4 Å². The van der Waals surface area contributed by atoms with E-state index in [1.54, 1.807) is 0 Å². The summed E-state index contributed by atoms with van der Waals surface area (Å²) < 4.78 is 0. The molecule has 0 amide bonds. The summed E-state index contributed by atoms with van der Waals surface area (Å²) in [7, 11) is 0. The second-order valence-electron chi connectivity index (χ2n) is 7.38. The molecular formula is C20H24O2. The summed E-state index contributed by atoms with van der Waals surface area (Å²) in [5, 5.41) is 20.6. The molecular weight excluding hydrogens is 272 g/mol. The van der Waals surface area contributed by atoms with Crippen LogP contribution >= 0.6 is 0 Å². The lowest BCUT2D eigenvalue weighted by Gasteiger charge is -2.45. The maximum atomic E-state index is 10.9. The maximum Gasteiger partial charge on any atom is 0.128 e. The van der Waals surface area contributed by atoms with E-state index < -0.39 is 5.60 Å². The molecule has 0 aliphatic heterocycles. The Labute approximate surface area is 132 Å². The molecule has 2 heteroatoms. The molecule has 1 aromatic rings. The molecule has 3 aliphatic carbocycles. The molecule has 2 nitrogen and oxygen atoms in total. The third-order valence-corrected chi connectivity index (χ3v) is 6.46. The number of aliphatic hydroxyl groups is 1. The normalized spacial score (nSPS) is 39.2. The van der Waals surface area contributed by atoms with Crippen LogP contribution in [-0.2, 0) is 6.42 Å². The van der Waals surface area contributed by atoms with Crippen molar-refractivity contribution in [1.82, 2.24) is 0 Å². The molecule has 1 aromatic carbocycles. The predicted molar refractivity (Wildman–Crippen MR) is 86.5 cm³/mol. The quantitative estimate of drug-likeness (QED) is 0.718. The van der Waals surface area contributed by atoms with E-state index in [4.69, 9.17) is 0 Å². The molecule has 2 fully saturated rings. The van der Waals surface area contributed by atoms with Gasteiger partial charge in [0.2, 0.25) is 0 Å². The lowest BCUT2D eigenvalue weighted by Crippen LogP contribution is -2.41. The van der Waals surface area contributed by atoms with Gasteiger partial charge in [0.25, 0.3) is 0 Å². The zero-order valence-corrected chi connectivity index (χ0v) is 13.2. The minimum atomic E-state index is -0.736. The molecule has 2 N–H and O–H groups in total. The van der Waals surface area contributed by atoms with Crippen LogP contribution in [0.5, 0.6) is 5.75 Å². The standard InChI is InChI=1S/C20H24O2/c1-2-10-20(22)11-9-18-17-5-3-13-12-14(21)4-6-15(13)16(17)7-8-19(18)20/h4,6,12,16-19,21-22H,3,5,7-9,11H2,1H3/t16-,17-,18+,19+,20+/m1/s1. The Morgan fingerprint density at radius 2 is 2.00 bits per heavy atom. The van der Waals surface area contributed by atoms with E-state index in [2.05, 4.69) is 17.9 Å². The maximum absolute atomic E-state index is 10.9. The van der Waals surface area contributed by atoms with Crippen molar-refractivity contribution < 1.29 is 10.2 Å². The highest BCUT2D eigenvalue weighted by Gasteiger charge is 2.53. The average molecular weight is 296 g/mol. The molecule has 0 aromatic heterocycles. The Kier molecular flexibility index (Phi) is 3.24. The lowest BCUT2D eigenvalue weighted by atomic mass is 9.59. The van der Waals surface area contributed by atoms with Crippen molar-refractivity contribution in [3.05, 3.63) is 29.3 Å². The fraction of sp³-hybridized carbons (Fsp3) is 0.600. The van der Waals surface area contributed by atoms with Gasteiger partial charge < -0.3 is 10.2 Å². The molecule has 22 heavy (non-hydrogen) atoms. The van der Waals surface area contributed by atoms with Gasteiger partial charge in [-0.1, -0.05) is 12.0 Å². The minimum Gasteiger partial charge on any atom is -0.508 e. The minimum absolute atomic E-state index is 0.361. The van der Waals surface area contributed by atoms with E-state index in [1.807, 2.05) is 19.1 Å². The van der Waals surface area contributed by atoms with Crippen LogP contribution in [0.1, 0.15) is 56.1 Å². The number of aryl methyl sites for hydroxylation is 1. The molecule has 0 saturated heterocycles. The first-order chi connectivity index (χ1) is 10.6. The number of hydrogen-bond donors (Lipinski definition) is 2. The zero-order valence-electron chi connectivity index (χ0n) is 13.2. The summed E-state index contributed by atoms with van der Waals surface area (Å²) in [6, 6.07) is 5.92. The highest BCUT2D eigenvalue weighted by atomic mass is 16.3. The smallest absolute Gasteiger partial charge is 0.128 e. The van der Waals surface area contributed by atoms with E-state index in [0.29, 0.717) is 29.4 Å². The van der Waals surface area contributed by atoms with Crippen LogP contribution in [0.4, 0.5) is 0 Å². The Morgan fingerprint density at radius 3 is 2.82 bits per heavy atom. The van der Waals surface area contributed by atoms with Gasteiger partial charge >= 0.3 is 0 Å². The number of hydrogen-bond acceptors (Lipinski definition) is 2. The molecule has 0 radical (unpaired) electrons. The van der Waals surface area contributed by atoms with E-state index in [-0.39, 0.29) is 0 Å². The van der Waals surface area contributed by atoms with Crippen molar-refractivity contribution in [3.8, 4) is 17.6 Å². The predicted octanol–water partition coefficient (Wildman–Crippen LogP) is 3.61. The Morgan fingerprint density at radius 1 is 1.14 bits per heavy atom. The molecule has 0 spiro atoms. The third-order valence-electron chi connectivity index (χ3n) is 6.46. The average Bonchev–Trinajstić information content (AvgIpc) is 2.84. The van der Waals surface area contributed by atoms with Gasteiger partial charge in [-0.3, -0.25) is 0 Å². The third kappa shape index (κ3) is 1.99. The molecule has 2 saturated carbocycles. The summed E-state index contributed by atoms with van der Waals surface area (Å²) in [4.78, 5) is 0. The topological polar surface area (TPSA) is 40.5 Å². The number of phenols is 1. The molecule has 0 bridgehead atoms. The summed E-state index contributed by atoms with van der Waals surface area (Å²) in [5.74, 6) is 8.73. The van der Waals surface area contributed by atoms with Gasteiger partial charge in [-0.05, 0) is 86.5 Å². The number of aromatic hydroxyl groups is 1. The van der Waals surface area contributed by atoms with Crippen LogP contribution in [0.15, 0.2) is 18.2 Å². The van der Waals surface area contributed by atoms with Crippen molar-refractivity contribution in [3.63, 3.8) is 0 Å². The fourth-order valence-electron chi connectivity index (χ4n) is 5.63. The molecule has 0 heterocycles. The van der Waals surface area contributed by atoms with Crippen LogP contribution < -0.4 is 0 Å². The van der Waals surface area contributed by atoms with Crippen LogP contribution in [0, 0.1) is 29.6 Å². The number of rotatable bonds is 0. The number of benzene rings is 1. The monoisotopic (exact) mass is 296 g/mol. The van der Waals surface area contributed by atoms with Crippen LogP contribution in [-0.4, -0.2) is 15.8 Å². The largest absolute Gasteiger partial charge is 0.508 e. The Bertz CT molecular complexity index is 653. The van der Waals surface area contributed by atoms with Crippen molar-refractivity contribution in [2.24, 2.45) is 17.8 Å². The lowest BCUT2D eigenvalue weighted by molar-refractivity contribution is 0.00931. The van der Waals surface area contributed by atoms with Crippen molar-refractivity contribution >= 4 is 0 Å². The SMILES string of the molecule is CC#C[C@]1(O)CC[C@H]2[C@@H]3CCc4cc(O)ccc4[C@H]3CC[C@@H]21. The summed E-state index contributed by atoms with van der Waals surface area (Å²) in [5.41, 5.74) is 2.05. The van der Waals surface area contributed by atoms with E-state index in [9.17, 15) is 10.2 Å². The molecule has 3 aliphatic rings. The first-order valence-corrected chi connectivity index (χ1v) is 8.60. The van der Waals surface area contributed by atoms with Crippen molar-refractivity contribution in [1.29, 1.82) is 0 Å². The van der Waals surface area contributed by atoms with E-state index >= 15 is 0 Å². The summed E-state index contributed by atoms with van der Waals surface area (Å²) in [6.07, 6.45) is 6.44. The number of phenolic OH excluding ortho intramolecular Hbond substituents is 1. The van der Waals surface area contributed by atoms with Gasteiger partial charge in [-0.2, -0.15) is 0 Å². The molecule has 5 atom stereocenters. The Balaban J connectivity index is 1.66. The second kappa shape index (κ2) is 5.03. The first-order valence-electron chi connectivity index (χ1n) is 8.60. The highest BCUT2D eigenvalue weighted by Crippen LogP contribution is 2.57. The summed E-state index contributed by atoms with van der Waals surface area (Å²) in [6.45, 7) is 1.83. The van der Waals surface area contributed by atoms with Gasteiger partial charge in [0, 0.05) is 5.92 Å². The van der Waals surface area contributed by atoms with Crippen LogP contribution in [0.2, 0.25) is 0 Å². The number of fused-ring (bicyclic) bond motifs is 5. The zero-order chi connectivity index (χ0) is 15.3. The first kappa shape index (κ1) is 14.2. The van der Waals surface area contributed by atoms with Crippen molar-refractivity contribution in [2.45, 2.75) is 57.0 Å². The molecule has 0 unspecified atom stereocenters. The van der Waals surface area contributed by atoms with Gasteiger partial charge in [0.15, 0.2) is 0 Å². The van der Waals surface area contributed by atoms with Crippen molar-refractivity contribution in [2.75, 3.05) is 0 Å². The van der Waals surface area contributed by atoms with Gasteiger partial charge in [0.05, 0.1) is 0 Å². The summed E-state index contributed by atoms with van der Waals surface area (Å²) >= 11 is 0. The van der Waals surface area contributed by atoms with Crippen LogP contribution in [0.3, 0.4) is 0 Å². The highest BCUT2D eigenvalue weighted by molar-refractivity contribution is 5.40. The van der Waals surface area contributed by atoms with Gasteiger partial charge in [-0.15, -0.1) is 5.92 Å². The van der Waals surface area contributed by atoms with Gasteiger partial charge in [-0.25, -0.2) is 0 Å². The second-order valence-corrected chi connectivity index (χ2v) is 7.38. The molecule has 116 valence electrons. The fourth-order valence-corrected chi connectivity index (χ4v) is 5.63. The molecule has 4 rings (SSSR count).